The van der Waals surface area contributed by atoms with Crippen LogP contribution in [-0.2, 0) is 4.79 Å². The molecule has 88 valence electrons. The summed E-state index contributed by atoms with van der Waals surface area (Å²) in [5, 5.41) is 3.71. The fourth-order valence-electron chi connectivity index (χ4n) is 1.88. The van der Waals surface area contributed by atoms with E-state index in [-0.39, 0.29) is 5.91 Å². The molecule has 0 unspecified atom stereocenters. The lowest BCUT2D eigenvalue weighted by atomic mass is 10.0. The number of carbonyl (C=O) groups is 1. The van der Waals surface area contributed by atoms with Gasteiger partial charge < -0.3 is 5.32 Å². The maximum atomic E-state index is 11.4. The Bertz CT molecular complexity index is 178. The number of thioether (sulfide) groups is 1. The van der Waals surface area contributed by atoms with Gasteiger partial charge in [-0.3, -0.25) is 4.79 Å². The molecule has 1 N–H and O–H groups in total. The smallest absolute Gasteiger partial charge is 0.230 e. The topological polar surface area (TPSA) is 29.1 Å². The molecule has 0 saturated heterocycles. The molecular weight excluding hydrogens is 206 g/mol. The normalized spacial score (nSPS) is 17.7. The van der Waals surface area contributed by atoms with Crippen LogP contribution >= 0.6 is 11.8 Å². The Labute approximate surface area is 97.6 Å². The standard InChI is InChI=1S/C12H23NOS/c1-2-3-9-13-12(14)10-15-11-7-5-4-6-8-11/h11H,2-10H2,1H3,(H,13,14). The van der Waals surface area contributed by atoms with E-state index in [0.717, 1.165) is 24.6 Å². The van der Waals surface area contributed by atoms with Crippen molar-refractivity contribution >= 4 is 17.7 Å². The molecule has 0 atom stereocenters. The maximum Gasteiger partial charge on any atom is 0.230 e. The number of carbonyl (C=O) groups excluding carboxylic acids is 1. The van der Waals surface area contributed by atoms with Crippen molar-refractivity contribution in [2.75, 3.05) is 12.3 Å². The van der Waals surface area contributed by atoms with E-state index in [0.29, 0.717) is 5.75 Å². The minimum absolute atomic E-state index is 0.221. The highest BCUT2D eigenvalue weighted by Gasteiger charge is 2.14. The lowest BCUT2D eigenvalue weighted by Crippen LogP contribution is -2.27. The molecule has 0 aliphatic heterocycles. The molecule has 1 amide bonds. The van der Waals surface area contributed by atoms with Crippen molar-refractivity contribution in [3.8, 4) is 0 Å². The minimum atomic E-state index is 0.221. The summed E-state index contributed by atoms with van der Waals surface area (Å²) in [7, 11) is 0. The molecule has 3 heteroatoms. The summed E-state index contributed by atoms with van der Waals surface area (Å²) in [5.74, 6) is 0.882. The van der Waals surface area contributed by atoms with Crippen LogP contribution in [0.4, 0.5) is 0 Å². The summed E-state index contributed by atoms with van der Waals surface area (Å²) < 4.78 is 0. The highest BCUT2D eigenvalue weighted by atomic mass is 32.2. The van der Waals surface area contributed by atoms with E-state index in [1.54, 1.807) is 0 Å². The fraction of sp³-hybridized carbons (Fsp3) is 0.917. The molecule has 1 aliphatic rings. The van der Waals surface area contributed by atoms with Gasteiger partial charge in [0.2, 0.25) is 5.91 Å². The zero-order chi connectivity index (χ0) is 10.9. The highest BCUT2D eigenvalue weighted by molar-refractivity contribution is 8.00. The van der Waals surface area contributed by atoms with Crippen LogP contribution in [0.5, 0.6) is 0 Å². The zero-order valence-corrected chi connectivity index (χ0v) is 10.6. The number of amides is 1. The molecule has 1 aliphatic carbocycles. The van der Waals surface area contributed by atoms with E-state index in [4.69, 9.17) is 0 Å². The summed E-state index contributed by atoms with van der Waals surface area (Å²) >= 11 is 1.85. The lowest BCUT2D eigenvalue weighted by molar-refractivity contribution is -0.118. The molecule has 15 heavy (non-hydrogen) atoms. The van der Waals surface area contributed by atoms with Crippen LogP contribution in [0.25, 0.3) is 0 Å². The van der Waals surface area contributed by atoms with Crippen molar-refractivity contribution in [3.63, 3.8) is 0 Å². The van der Waals surface area contributed by atoms with Gasteiger partial charge in [-0.1, -0.05) is 32.6 Å². The largest absolute Gasteiger partial charge is 0.355 e. The molecule has 1 fully saturated rings. The summed E-state index contributed by atoms with van der Waals surface area (Å²) in [6.45, 7) is 2.99. The Morgan fingerprint density at radius 1 is 1.33 bits per heavy atom. The molecule has 0 bridgehead atoms. The van der Waals surface area contributed by atoms with Crippen LogP contribution in [0.1, 0.15) is 51.9 Å². The SMILES string of the molecule is CCCCNC(=O)CSC1CCCCC1. The number of hydrogen-bond acceptors (Lipinski definition) is 2. The van der Waals surface area contributed by atoms with E-state index in [1.165, 1.54) is 32.1 Å². The Kier molecular flexibility index (Phi) is 6.90. The lowest BCUT2D eigenvalue weighted by Gasteiger charge is -2.20. The van der Waals surface area contributed by atoms with Crippen LogP contribution in [0.15, 0.2) is 0 Å². The van der Waals surface area contributed by atoms with Crippen LogP contribution in [0, 0.1) is 0 Å². The summed E-state index contributed by atoms with van der Waals surface area (Å²) in [6.07, 6.45) is 8.97. The van der Waals surface area contributed by atoms with E-state index in [9.17, 15) is 4.79 Å². The Hall–Kier alpha value is -0.180. The molecule has 0 aromatic heterocycles. The first-order valence-electron chi connectivity index (χ1n) is 6.21. The van der Waals surface area contributed by atoms with E-state index in [2.05, 4.69) is 12.2 Å². The molecule has 2 nitrogen and oxygen atoms in total. The van der Waals surface area contributed by atoms with Crippen molar-refractivity contribution in [1.82, 2.24) is 5.32 Å². The van der Waals surface area contributed by atoms with Crippen LogP contribution in [0.3, 0.4) is 0 Å². The number of rotatable bonds is 6. The van der Waals surface area contributed by atoms with E-state index < -0.39 is 0 Å². The van der Waals surface area contributed by atoms with E-state index in [1.807, 2.05) is 11.8 Å². The second kappa shape index (κ2) is 8.03. The molecule has 1 rings (SSSR count). The van der Waals surface area contributed by atoms with Crippen molar-refractivity contribution in [3.05, 3.63) is 0 Å². The van der Waals surface area contributed by atoms with Gasteiger partial charge in [0, 0.05) is 11.8 Å². The average Bonchev–Trinajstić information content (AvgIpc) is 2.28. The second-order valence-electron chi connectivity index (χ2n) is 4.27. The van der Waals surface area contributed by atoms with Gasteiger partial charge in [0.25, 0.3) is 0 Å². The van der Waals surface area contributed by atoms with Gasteiger partial charge in [-0.05, 0) is 19.3 Å². The first kappa shape index (κ1) is 12.9. The summed E-state index contributed by atoms with van der Waals surface area (Å²) in [6, 6.07) is 0. The van der Waals surface area contributed by atoms with Gasteiger partial charge in [0.1, 0.15) is 0 Å². The summed E-state index contributed by atoms with van der Waals surface area (Å²) in [4.78, 5) is 11.4. The quantitative estimate of drug-likeness (QED) is 0.709. The highest BCUT2D eigenvalue weighted by Crippen LogP contribution is 2.27. The predicted molar refractivity (Wildman–Crippen MR) is 67.2 cm³/mol. The average molecular weight is 229 g/mol. The number of unbranched alkanes of at least 4 members (excludes halogenated alkanes) is 1. The number of hydrogen-bond donors (Lipinski definition) is 1. The van der Waals surface area contributed by atoms with Gasteiger partial charge in [0.15, 0.2) is 0 Å². The van der Waals surface area contributed by atoms with Gasteiger partial charge in [-0.25, -0.2) is 0 Å². The van der Waals surface area contributed by atoms with Gasteiger partial charge >= 0.3 is 0 Å². The molecular formula is C12H23NOS. The first-order valence-corrected chi connectivity index (χ1v) is 7.26. The Morgan fingerprint density at radius 3 is 2.73 bits per heavy atom. The molecule has 0 heterocycles. The van der Waals surface area contributed by atoms with Gasteiger partial charge in [-0.2, -0.15) is 0 Å². The fourth-order valence-corrected chi connectivity index (χ4v) is 3.04. The minimum Gasteiger partial charge on any atom is -0.355 e. The van der Waals surface area contributed by atoms with Crippen LogP contribution in [-0.4, -0.2) is 23.5 Å². The number of nitrogens with one attached hydrogen (secondary N) is 1. The zero-order valence-electron chi connectivity index (χ0n) is 9.76. The van der Waals surface area contributed by atoms with Crippen LogP contribution in [0.2, 0.25) is 0 Å². The summed E-state index contributed by atoms with van der Waals surface area (Å²) in [5.41, 5.74) is 0. The molecule has 0 radical (unpaired) electrons. The van der Waals surface area contributed by atoms with Gasteiger partial charge in [-0.15, -0.1) is 11.8 Å². The van der Waals surface area contributed by atoms with E-state index >= 15 is 0 Å². The predicted octanol–water partition coefficient (Wildman–Crippen LogP) is 2.97. The Balaban J connectivity index is 2.00. The van der Waals surface area contributed by atoms with Crippen molar-refractivity contribution in [2.24, 2.45) is 0 Å². The third-order valence-electron chi connectivity index (χ3n) is 2.85. The Morgan fingerprint density at radius 2 is 2.07 bits per heavy atom. The first-order chi connectivity index (χ1) is 7.33. The molecule has 0 spiro atoms. The van der Waals surface area contributed by atoms with Crippen molar-refractivity contribution < 1.29 is 4.79 Å². The maximum absolute atomic E-state index is 11.4. The molecule has 1 saturated carbocycles. The van der Waals surface area contributed by atoms with Crippen molar-refractivity contribution in [2.45, 2.75) is 57.1 Å². The van der Waals surface area contributed by atoms with Crippen molar-refractivity contribution in [1.29, 1.82) is 0 Å². The second-order valence-corrected chi connectivity index (χ2v) is 5.56. The monoisotopic (exact) mass is 229 g/mol. The third-order valence-corrected chi connectivity index (χ3v) is 4.23. The molecule has 0 aromatic rings. The van der Waals surface area contributed by atoms with Gasteiger partial charge in [0.05, 0.1) is 5.75 Å². The third kappa shape index (κ3) is 6.08. The molecule has 0 aromatic carbocycles. The van der Waals surface area contributed by atoms with Crippen LogP contribution < -0.4 is 5.32 Å².